The third-order valence-corrected chi connectivity index (χ3v) is 1.78. The summed E-state index contributed by atoms with van der Waals surface area (Å²) in [6.45, 7) is 0. The Hall–Kier alpha value is -1.87. The Bertz CT molecular complexity index is 467. The van der Waals surface area contributed by atoms with Gasteiger partial charge in [0.05, 0.1) is 5.56 Å². The third kappa shape index (κ3) is 2.87. The summed E-state index contributed by atoms with van der Waals surface area (Å²) >= 11 is 0. The predicted molar refractivity (Wildman–Crippen MR) is 45.4 cm³/mol. The van der Waals surface area contributed by atoms with E-state index in [1.807, 2.05) is 5.32 Å². The zero-order chi connectivity index (χ0) is 14.1. The summed E-state index contributed by atoms with van der Waals surface area (Å²) in [4.78, 5) is 16.1. The predicted octanol–water partition coefficient (Wildman–Crippen LogP) is 1.87. The van der Waals surface area contributed by atoms with E-state index in [9.17, 15) is 31.1 Å². The number of aromatic nitrogens is 2. The van der Waals surface area contributed by atoms with Gasteiger partial charge >= 0.3 is 12.4 Å². The largest absolute Gasteiger partial charge is 0.451 e. The quantitative estimate of drug-likeness (QED) is 0.795. The van der Waals surface area contributed by atoms with Crippen molar-refractivity contribution >= 4 is 5.91 Å². The lowest BCUT2D eigenvalue weighted by Crippen LogP contribution is -2.26. The van der Waals surface area contributed by atoms with E-state index in [2.05, 4.69) is 9.97 Å². The second-order valence-corrected chi connectivity index (χ2v) is 3.03. The number of hydrogen-bond donors (Lipinski definition) is 1. The number of carbonyl (C=O) groups is 1. The second kappa shape index (κ2) is 4.42. The normalized spacial score (nSPS) is 12.4. The standard InChI is InChI=1S/C8H5F6N3O/c1-15-5(18)3-2-16-6(8(12,13)14)17-4(3)7(9,10)11/h2H,1H3,(H,15,18). The van der Waals surface area contributed by atoms with E-state index in [4.69, 9.17) is 0 Å². The van der Waals surface area contributed by atoms with Gasteiger partial charge in [0.1, 0.15) is 0 Å². The number of nitrogens with zero attached hydrogens (tertiary/aromatic N) is 2. The maximum atomic E-state index is 12.5. The molecule has 0 spiro atoms. The monoisotopic (exact) mass is 273 g/mol. The van der Waals surface area contributed by atoms with Crippen molar-refractivity contribution in [2.24, 2.45) is 0 Å². The fraction of sp³-hybridized carbons (Fsp3) is 0.375. The molecule has 0 atom stereocenters. The molecule has 1 heterocycles. The van der Waals surface area contributed by atoms with Gasteiger partial charge in [0.25, 0.3) is 5.91 Å². The van der Waals surface area contributed by atoms with E-state index in [0.717, 1.165) is 7.05 Å². The van der Waals surface area contributed by atoms with Gasteiger partial charge in [0.15, 0.2) is 5.69 Å². The molecule has 1 amide bonds. The number of hydrogen-bond acceptors (Lipinski definition) is 3. The topological polar surface area (TPSA) is 54.9 Å². The van der Waals surface area contributed by atoms with Gasteiger partial charge in [-0.25, -0.2) is 9.97 Å². The molecule has 0 aliphatic heterocycles. The van der Waals surface area contributed by atoms with Gasteiger partial charge in [-0.3, -0.25) is 4.79 Å². The molecule has 18 heavy (non-hydrogen) atoms. The third-order valence-electron chi connectivity index (χ3n) is 1.78. The van der Waals surface area contributed by atoms with Crippen molar-refractivity contribution in [2.75, 3.05) is 7.05 Å². The zero-order valence-electron chi connectivity index (χ0n) is 8.65. The first-order valence-corrected chi connectivity index (χ1v) is 4.31. The van der Waals surface area contributed by atoms with Gasteiger partial charge < -0.3 is 5.32 Å². The Morgan fingerprint density at radius 2 is 1.72 bits per heavy atom. The molecule has 4 nitrogen and oxygen atoms in total. The van der Waals surface area contributed by atoms with Crippen molar-refractivity contribution < 1.29 is 31.1 Å². The molecule has 1 rings (SSSR count). The number of alkyl halides is 6. The van der Waals surface area contributed by atoms with Crippen LogP contribution in [0, 0.1) is 0 Å². The average Bonchev–Trinajstić information content (AvgIpc) is 2.24. The van der Waals surface area contributed by atoms with Gasteiger partial charge in [0, 0.05) is 13.2 Å². The molecule has 0 bridgehead atoms. The Labute approximate surface area is 96.0 Å². The van der Waals surface area contributed by atoms with Gasteiger partial charge in [-0.1, -0.05) is 0 Å². The minimum Gasteiger partial charge on any atom is -0.355 e. The molecular weight excluding hydrogens is 268 g/mol. The van der Waals surface area contributed by atoms with Crippen molar-refractivity contribution in [3.8, 4) is 0 Å². The highest BCUT2D eigenvalue weighted by Gasteiger charge is 2.42. The summed E-state index contributed by atoms with van der Waals surface area (Å²) in [5, 5.41) is 1.85. The molecule has 10 heteroatoms. The minimum atomic E-state index is -5.19. The summed E-state index contributed by atoms with van der Waals surface area (Å²) < 4.78 is 74.0. The van der Waals surface area contributed by atoms with E-state index in [1.165, 1.54) is 0 Å². The Morgan fingerprint density at radius 1 is 1.17 bits per heavy atom. The lowest BCUT2D eigenvalue weighted by atomic mass is 10.2. The highest BCUT2D eigenvalue weighted by Crippen LogP contribution is 2.33. The summed E-state index contributed by atoms with van der Waals surface area (Å²) in [5.41, 5.74) is -3.00. The maximum absolute atomic E-state index is 12.5. The minimum absolute atomic E-state index is 0.192. The van der Waals surface area contributed by atoms with Crippen molar-refractivity contribution in [3.63, 3.8) is 0 Å². The van der Waals surface area contributed by atoms with Crippen LogP contribution in [0.4, 0.5) is 26.3 Å². The Kier molecular flexibility index (Phi) is 3.49. The first-order valence-electron chi connectivity index (χ1n) is 4.31. The SMILES string of the molecule is CNC(=O)c1cnc(C(F)(F)F)nc1C(F)(F)F. The molecule has 0 radical (unpaired) electrons. The van der Waals surface area contributed by atoms with Crippen molar-refractivity contribution in [1.29, 1.82) is 0 Å². The first kappa shape index (κ1) is 14.2. The smallest absolute Gasteiger partial charge is 0.355 e. The molecule has 0 saturated heterocycles. The molecule has 0 unspecified atom stereocenters. The fourth-order valence-corrected chi connectivity index (χ4v) is 1.04. The number of rotatable bonds is 1. The van der Waals surface area contributed by atoms with Crippen LogP contribution in [0.25, 0.3) is 0 Å². The van der Waals surface area contributed by atoms with Crippen molar-refractivity contribution in [3.05, 3.63) is 23.3 Å². The van der Waals surface area contributed by atoms with Crippen LogP contribution in [0.2, 0.25) is 0 Å². The molecule has 0 aromatic carbocycles. The van der Waals surface area contributed by atoms with Crippen LogP contribution < -0.4 is 5.32 Å². The second-order valence-electron chi connectivity index (χ2n) is 3.03. The van der Waals surface area contributed by atoms with Gasteiger partial charge in [-0.2, -0.15) is 26.3 Å². The number of halogens is 6. The summed E-state index contributed by atoms with van der Waals surface area (Å²) in [5.74, 6) is -3.18. The van der Waals surface area contributed by atoms with Crippen LogP contribution in [0.15, 0.2) is 6.20 Å². The molecule has 0 fully saturated rings. The highest BCUT2D eigenvalue weighted by molar-refractivity contribution is 5.94. The summed E-state index contributed by atoms with van der Waals surface area (Å²) in [6, 6.07) is 0. The maximum Gasteiger partial charge on any atom is 0.451 e. The molecule has 1 N–H and O–H groups in total. The number of nitrogens with one attached hydrogen (secondary N) is 1. The van der Waals surface area contributed by atoms with Crippen LogP contribution in [0.3, 0.4) is 0 Å². The van der Waals surface area contributed by atoms with Gasteiger partial charge in [0.2, 0.25) is 5.82 Å². The molecule has 1 aromatic rings. The number of amides is 1. The van der Waals surface area contributed by atoms with Gasteiger partial charge in [-0.15, -0.1) is 0 Å². The lowest BCUT2D eigenvalue weighted by Gasteiger charge is -2.12. The number of carbonyl (C=O) groups excluding carboxylic acids is 1. The molecule has 0 aliphatic rings. The molecule has 100 valence electrons. The van der Waals surface area contributed by atoms with Crippen LogP contribution in [-0.4, -0.2) is 22.9 Å². The van der Waals surface area contributed by atoms with Crippen LogP contribution in [0.1, 0.15) is 21.9 Å². The molecule has 0 aliphatic carbocycles. The lowest BCUT2D eigenvalue weighted by molar-refractivity contribution is -0.153. The summed E-state index contributed by atoms with van der Waals surface area (Å²) in [6.07, 6.45) is -10.1. The van der Waals surface area contributed by atoms with E-state index in [1.54, 1.807) is 0 Å². The fourth-order valence-electron chi connectivity index (χ4n) is 1.04. The Balaban J connectivity index is 3.44. The van der Waals surface area contributed by atoms with E-state index < -0.39 is 35.3 Å². The van der Waals surface area contributed by atoms with Gasteiger partial charge in [-0.05, 0) is 0 Å². The first-order chi connectivity index (χ1) is 8.07. The Morgan fingerprint density at radius 3 is 2.11 bits per heavy atom. The van der Waals surface area contributed by atoms with Crippen molar-refractivity contribution in [1.82, 2.24) is 15.3 Å². The van der Waals surface area contributed by atoms with E-state index in [-0.39, 0.29) is 6.20 Å². The van der Waals surface area contributed by atoms with Crippen LogP contribution >= 0.6 is 0 Å². The van der Waals surface area contributed by atoms with Crippen molar-refractivity contribution in [2.45, 2.75) is 12.4 Å². The molecule has 1 aromatic heterocycles. The molecular formula is C8H5F6N3O. The van der Waals surface area contributed by atoms with E-state index in [0.29, 0.717) is 0 Å². The summed E-state index contributed by atoms with van der Waals surface area (Å²) in [7, 11) is 1.03. The average molecular weight is 273 g/mol. The van der Waals surface area contributed by atoms with E-state index >= 15 is 0 Å². The zero-order valence-corrected chi connectivity index (χ0v) is 8.65. The van der Waals surface area contributed by atoms with Crippen LogP contribution in [-0.2, 0) is 12.4 Å². The highest BCUT2D eigenvalue weighted by atomic mass is 19.4. The van der Waals surface area contributed by atoms with Crippen LogP contribution in [0.5, 0.6) is 0 Å². The molecule has 0 saturated carbocycles.